The minimum atomic E-state index is -1.06. The zero-order valence-corrected chi connectivity index (χ0v) is 14.1. The molecular weight excluding hydrogens is 359 g/mol. The van der Waals surface area contributed by atoms with Crippen LogP contribution in [0.4, 0.5) is 9.52 Å². The number of halogens is 1. The first-order chi connectivity index (χ1) is 12.5. The first-order valence-corrected chi connectivity index (χ1v) is 8.37. The molecule has 0 unspecified atom stereocenters. The van der Waals surface area contributed by atoms with Gasteiger partial charge in [-0.1, -0.05) is 12.1 Å². The van der Waals surface area contributed by atoms with E-state index in [1.807, 2.05) is 0 Å². The summed E-state index contributed by atoms with van der Waals surface area (Å²) in [5.41, 5.74) is 1.67. The number of anilines is 1. The van der Waals surface area contributed by atoms with Crippen LogP contribution in [-0.2, 0) is 4.79 Å². The summed E-state index contributed by atoms with van der Waals surface area (Å²) in [5.74, 6) is -1.45. The molecule has 0 radical (unpaired) electrons. The molecule has 1 amide bonds. The summed E-state index contributed by atoms with van der Waals surface area (Å²) < 4.78 is 18.1. The van der Waals surface area contributed by atoms with E-state index in [9.17, 15) is 14.0 Å². The fraction of sp³-hybridized carbons (Fsp3) is 0.0556. The van der Waals surface area contributed by atoms with E-state index < -0.39 is 18.4 Å². The number of carboxylic acids is 1. The molecule has 132 valence electrons. The molecule has 6 nitrogen and oxygen atoms in total. The lowest BCUT2D eigenvalue weighted by molar-refractivity contribution is -0.139. The predicted molar refractivity (Wildman–Crippen MR) is 95.0 cm³/mol. The topological polar surface area (TPSA) is 88.5 Å². The molecule has 0 saturated carbocycles. The van der Waals surface area contributed by atoms with Gasteiger partial charge in [-0.25, -0.2) is 14.2 Å². The largest absolute Gasteiger partial charge is 0.482 e. The second-order valence-corrected chi connectivity index (χ2v) is 6.07. The lowest BCUT2D eigenvalue weighted by Gasteiger charge is -2.04. The number of benzene rings is 2. The number of carboxylic acid groups (broad SMARTS) is 1. The number of nitrogens with one attached hydrogen (secondary N) is 1. The standard InChI is InChI=1S/C18H13FN2O4S/c19-13-6-4-11(5-7-13)17(24)21-18-20-15(10-26-18)12-2-1-3-14(8-12)25-9-16(22)23/h1-8,10H,9H2,(H,22,23)(H,20,21,24). The van der Waals surface area contributed by atoms with E-state index in [-0.39, 0.29) is 5.91 Å². The highest BCUT2D eigenvalue weighted by Gasteiger charge is 2.11. The van der Waals surface area contributed by atoms with Crippen molar-refractivity contribution < 1.29 is 23.8 Å². The van der Waals surface area contributed by atoms with Crippen LogP contribution in [0.2, 0.25) is 0 Å². The number of rotatable bonds is 6. The van der Waals surface area contributed by atoms with E-state index >= 15 is 0 Å². The van der Waals surface area contributed by atoms with Gasteiger partial charge in [-0.05, 0) is 36.4 Å². The van der Waals surface area contributed by atoms with E-state index in [4.69, 9.17) is 9.84 Å². The Morgan fingerprint density at radius 1 is 1.19 bits per heavy atom. The Bertz CT molecular complexity index is 940. The molecular formula is C18H13FN2O4S. The molecule has 0 aliphatic heterocycles. The number of carbonyl (C=O) groups is 2. The molecule has 0 saturated heterocycles. The summed E-state index contributed by atoms with van der Waals surface area (Å²) in [5, 5.41) is 13.5. The van der Waals surface area contributed by atoms with Crippen LogP contribution in [0, 0.1) is 5.82 Å². The summed E-state index contributed by atoms with van der Waals surface area (Å²) in [6, 6.07) is 12.1. The van der Waals surface area contributed by atoms with Gasteiger partial charge in [0, 0.05) is 16.5 Å². The van der Waals surface area contributed by atoms with E-state index in [1.54, 1.807) is 29.6 Å². The van der Waals surface area contributed by atoms with Gasteiger partial charge in [0.2, 0.25) is 0 Å². The molecule has 3 rings (SSSR count). The lowest BCUT2D eigenvalue weighted by atomic mass is 10.2. The van der Waals surface area contributed by atoms with Gasteiger partial charge in [-0.2, -0.15) is 0 Å². The van der Waals surface area contributed by atoms with Crippen LogP contribution < -0.4 is 10.1 Å². The zero-order valence-electron chi connectivity index (χ0n) is 13.3. The number of aliphatic carboxylic acids is 1. The van der Waals surface area contributed by atoms with Crippen molar-refractivity contribution in [1.82, 2.24) is 4.98 Å². The van der Waals surface area contributed by atoms with Crippen LogP contribution in [0.25, 0.3) is 11.3 Å². The van der Waals surface area contributed by atoms with Crippen molar-refractivity contribution in [2.75, 3.05) is 11.9 Å². The molecule has 2 aromatic carbocycles. The average Bonchev–Trinajstić information content (AvgIpc) is 3.09. The first kappa shape index (κ1) is 17.6. The summed E-state index contributed by atoms with van der Waals surface area (Å²) in [6.07, 6.45) is 0. The fourth-order valence-corrected chi connectivity index (χ4v) is 2.84. The minimum Gasteiger partial charge on any atom is -0.482 e. The van der Waals surface area contributed by atoms with Crippen LogP contribution in [-0.4, -0.2) is 28.6 Å². The van der Waals surface area contributed by atoms with Gasteiger partial charge in [0.25, 0.3) is 5.91 Å². The Hall–Kier alpha value is -3.26. The van der Waals surface area contributed by atoms with Crippen LogP contribution in [0.1, 0.15) is 10.4 Å². The fourth-order valence-electron chi connectivity index (χ4n) is 2.12. The number of hydrogen-bond acceptors (Lipinski definition) is 5. The van der Waals surface area contributed by atoms with Crippen LogP contribution >= 0.6 is 11.3 Å². The number of carbonyl (C=O) groups excluding carboxylic acids is 1. The first-order valence-electron chi connectivity index (χ1n) is 7.49. The molecule has 2 N–H and O–H groups in total. The Kier molecular flexibility index (Phi) is 5.23. The zero-order chi connectivity index (χ0) is 18.5. The SMILES string of the molecule is O=C(O)COc1cccc(-c2csc(NC(=O)c3ccc(F)cc3)n2)c1. The third kappa shape index (κ3) is 4.42. The number of ether oxygens (including phenoxy) is 1. The maximum Gasteiger partial charge on any atom is 0.341 e. The molecule has 0 fully saturated rings. The molecule has 26 heavy (non-hydrogen) atoms. The molecule has 0 spiro atoms. The average molecular weight is 372 g/mol. The number of amides is 1. The highest BCUT2D eigenvalue weighted by Crippen LogP contribution is 2.27. The van der Waals surface area contributed by atoms with Crippen molar-refractivity contribution in [3.63, 3.8) is 0 Å². The maximum absolute atomic E-state index is 12.9. The van der Waals surface area contributed by atoms with Crippen molar-refractivity contribution in [2.24, 2.45) is 0 Å². The Balaban J connectivity index is 1.71. The van der Waals surface area contributed by atoms with Crippen molar-refractivity contribution in [1.29, 1.82) is 0 Å². The quantitative estimate of drug-likeness (QED) is 0.689. The molecule has 0 aliphatic rings. The van der Waals surface area contributed by atoms with Gasteiger partial charge in [-0.15, -0.1) is 11.3 Å². The Morgan fingerprint density at radius 3 is 2.69 bits per heavy atom. The predicted octanol–water partition coefficient (Wildman–Crippen LogP) is 3.66. The highest BCUT2D eigenvalue weighted by atomic mass is 32.1. The van der Waals surface area contributed by atoms with Gasteiger partial charge >= 0.3 is 5.97 Å². The summed E-state index contributed by atoms with van der Waals surface area (Å²) in [4.78, 5) is 27.0. The monoisotopic (exact) mass is 372 g/mol. The molecule has 0 aliphatic carbocycles. The number of aromatic nitrogens is 1. The van der Waals surface area contributed by atoms with Crippen LogP contribution in [0.5, 0.6) is 5.75 Å². The van der Waals surface area contributed by atoms with E-state index in [0.717, 1.165) is 5.56 Å². The van der Waals surface area contributed by atoms with Crippen molar-refractivity contribution in [3.05, 3.63) is 65.3 Å². The van der Waals surface area contributed by atoms with Gasteiger partial charge in [0.05, 0.1) is 5.69 Å². The van der Waals surface area contributed by atoms with Crippen molar-refractivity contribution >= 4 is 28.3 Å². The lowest BCUT2D eigenvalue weighted by Crippen LogP contribution is -2.11. The highest BCUT2D eigenvalue weighted by molar-refractivity contribution is 7.14. The summed E-state index contributed by atoms with van der Waals surface area (Å²) in [7, 11) is 0. The number of nitrogens with zero attached hydrogens (tertiary/aromatic N) is 1. The van der Waals surface area contributed by atoms with Gasteiger partial charge in [0.1, 0.15) is 11.6 Å². The molecule has 8 heteroatoms. The van der Waals surface area contributed by atoms with Gasteiger partial charge < -0.3 is 9.84 Å². The molecule has 1 heterocycles. The minimum absolute atomic E-state index is 0.326. The van der Waals surface area contributed by atoms with Crippen molar-refractivity contribution in [3.8, 4) is 17.0 Å². The van der Waals surface area contributed by atoms with E-state index in [2.05, 4.69) is 10.3 Å². The number of thiazole rings is 1. The van der Waals surface area contributed by atoms with E-state index in [0.29, 0.717) is 22.1 Å². The van der Waals surface area contributed by atoms with Crippen LogP contribution in [0.3, 0.4) is 0 Å². The maximum atomic E-state index is 12.9. The second kappa shape index (κ2) is 7.75. The smallest absolute Gasteiger partial charge is 0.341 e. The Morgan fingerprint density at radius 2 is 1.96 bits per heavy atom. The molecule has 3 aromatic rings. The third-order valence-corrected chi connectivity index (χ3v) is 4.08. The third-order valence-electron chi connectivity index (χ3n) is 3.32. The van der Waals surface area contributed by atoms with E-state index in [1.165, 1.54) is 35.6 Å². The van der Waals surface area contributed by atoms with Gasteiger partial charge in [-0.3, -0.25) is 10.1 Å². The van der Waals surface area contributed by atoms with Crippen LogP contribution in [0.15, 0.2) is 53.9 Å². The second-order valence-electron chi connectivity index (χ2n) is 5.21. The van der Waals surface area contributed by atoms with Crippen molar-refractivity contribution in [2.45, 2.75) is 0 Å². The molecule has 0 bridgehead atoms. The number of hydrogen-bond donors (Lipinski definition) is 2. The summed E-state index contributed by atoms with van der Waals surface area (Å²) >= 11 is 1.24. The molecule has 1 aromatic heterocycles. The Labute approximate surface area is 151 Å². The normalized spacial score (nSPS) is 10.3. The summed E-state index contributed by atoms with van der Waals surface area (Å²) in [6.45, 7) is -0.431. The van der Waals surface area contributed by atoms with Gasteiger partial charge in [0.15, 0.2) is 11.7 Å². The molecule has 0 atom stereocenters.